The molecular weight excluding hydrogens is 200 g/mol. The molecule has 2 rings (SSSR count). The molecule has 1 atom stereocenters. The Hall–Kier alpha value is -1.87. The fourth-order valence-electron chi connectivity index (χ4n) is 1.67. The molecule has 0 amide bonds. The molecule has 0 bridgehead atoms. The van der Waals surface area contributed by atoms with Gasteiger partial charge in [-0.2, -0.15) is 0 Å². The predicted octanol–water partition coefficient (Wildman–Crippen LogP) is 2.14. The third kappa shape index (κ3) is 2.04. The number of benzene rings is 1. The van der Waals surface area contributed by atoms with E-state index in [1.54, 1.807) is 19.5 Å². The average molecular weight is 214 g/mol. The first-order valence-corrected chi connectivity index (χ1v) is 5.11. The summed E-state index contributed by atoms with van der Waals surface area (Å²) in [5.74, 6) is 0.812. The second-order valence-electron chi connectivity index (χ2n) is 3.50. The minimum Gasteiger partial charge on any atom is -0.496 e. The van der Waals surface area contributed by atoms with Crippen molar-refractivity contribution in [1.82, 2.24) is 4.98 Å². The maximum atomic E-state index is 6.18. The van der Waals surface area contributed by atoms with Gasteiger partial charge in [-0.15, -0.1) is 0 Å². The Morgan fingerprint density at radius 2 is 1.81 bits per heavy atom. The smallest absolute Gasteiger partial charge is 0.123 e. The highest BCUT2D eigenvalue weighted by Crippen LogP contribution is 2.27. The second-order valence-corrected chi connectivity index (χ2v) is 3.50. The molecule has 0 radical (unpaired) electrons. The summed E-state index contributed by atoms with van der Waals surface area (Å²) in [4.78, 5) is 3.98. The van der Waals surface area contributed by atoms with Crippen LogP contribution in [-0.2, 0) is 0 Å². The number of methoxy groups -OCH3 is 1. The predicted molar refractivity (Wildman–Crippen MR) is 63.3 cm³/mol. The number of ether oxygens (including phenoxy) is 1. The first-order valence-electron chi connectivity index (χ1n) is 5.11. The van der Waals surface area contributed by atoms with Crippen LogP contribution < -0.4 is 10.5 Å². The van der Waals surface area contributed by atoms with Crippen molar-refractivity contribution in [2.75, 3.05) is 7.11 Å². The second kappa shape index (κ2) is 4.77. The van der Waals surface area contributed by atoms with E-state index >= 15 is 0 Å². The Bertz CT molecular complexity index is 456. The van der Waals surface area contributed by atoms with Crippen molar-refractivity contribution in [3.05, 3.63) is 59.9 Å². The number of hydrogen-bond acceptors (Lipinski definition) is 3. The highest BCUT2D eigenvalue weighted by atomic mass is 16.5. The van der Waals surface area contributed by atoms with Crippen molar-refractivity contribution < 1.29 is 4.74 Å². The monoisotopic (exact) mass is 214 g/mol. The van der Waals surface area contributed by atoms with E-state index < -0.39 is 0 Å². The minimum atomic E-state index is -0.181. The van der Waals surface area contributed by atoms with Crippen LogP contribution in [0.3, 0.4) is 0 Å². The molecular formula is C13H14N2O. The van der Waals surface area contributed by atoms with Gasteiger partial charge < -0.3 is 10.5 Å². The van der Waals surface area contributed by atoms with E-state index in [9.17, 15) is 0 Å². The molecule has 0 aliphatic heterocycles. The minimum absolute atomic E-state index is 0.181. The van der Waals surface area contributed by atoms with Crippen LogP contribution in [0, 0.1) is 0 Å². The molecule has 1 heterocycles. The molecule has 0 spiro atoms. The standard InChI is InChI=1S/C13H14N2O/c1-16-12-5-3-2-4-11(12)13(14)10-6-8-15-9-7-10/h2-9,13H,14H2,1H3. The van der Waals surface area contributed by atoms with Gasteiger partial charge in [0.1, 0.15) is 5.75 Å². The van der Waals surface area contributed by atoms with Crippen molar-refractivity contribution >= 4 is 0 Å². The van der Waals surface area contributed by atoms with Crippen molar-refractivity contribution in [1.29, 1.82) is 0 Å². The number of para-hydroxylation sites is 1. The molecule has 2 N–H and O–H groups in total. The summed E-state index contributed by atoms with van der Waals surface area (Å²) in [6.07, 6.45) is 3.48. The quantitative estimate of drug-likeness (QED) is 0.851. The Morgan fingerprint density at radius 3 is 2.50 bits per heavy atom. The zero-order valence-corrected chi connectivity index (χ0v) is 9.13. The third-order valence-electron chi connectivity index (χ3n) is 2.54. The van der Waals surface area contributed by atoms with Gasteiger partial charge in [-0.1, -0.05) is 18.2 Å². The SMILES string of the molecule is COc1ccccc1C(N)c1ccncc1. The van der Waals surface area contributed by atoms with Gasteiger partial charge in [-0.3, -0.25) is 4.98 Å². The molecule has 1 aromatic heterocycles. The van der Waals surface area contributed by atoms with Crippen molar-refractivity contribution in [2.24, 2.45) is 5.73 Å². The Balaban J connectivity index is 2.37. The van der Waals surface area contributed by atoms with E-state index in [0.717, 1.165) is 16.9 Å². The van der Waals surface area contributed by atoms with Gasteiger partial charge in [0, 0.05) is 18.0 Å². The van der Waals surface area contributed by atoms with Gasteiger partial charge >= 0.3 is 0 Å². The van der Waals surface area contributed by atoms with Gasteiger partial charge in [0.2, 0.25) is 0 Å². The van der Waals surface area contributed by atoms with Crippen LogP contribution in [0.5, 0.6) is 5.75 Å². The highest BCUT2D eigenvalue weighted by Gasteiger charge is 2.12. The van der Waals surface area contributed by atoms with Gasteiger partial charge in [0.25, 0.3) is 0 Å². The fraction of sp³-hybridized carbons (Fsp3) is 0.154. The zero-order valence-electron chi connectivity index (χ0n) is 9.13. The lowest BCUT2D eigenvalue weighted by molar-refractivity contribution is 0.408. The maximum absolute atomic E-state index is 6.18. The van der Waals surface area contributed by atoms with Crippen molar-refractivity contribution in [3.63, 3.8) is 0 Å². The van der Waals surface area contributed by atoms with E-state index in [1.807, 2.05) is 36.4 Å². The summed E-state index contributed by atoms with van der Waals surface area (Å²) in [7, 11) is 1.65. The maximum Gasteiger partial charge on any atom is 0.123 e. The van der Waals surface area contributed by atoms with Gasteiger partial charge in [-0.05, 0) is 23.8 Å². The molecule has 2 aromatic rings. The fourth-order valence-corrected chi connectivity index (χ4v) is 1.67. The van der Waals surface area contributed by atoms with Crippen LogP contribution in [-0.4, -0.2) is 12.1 Å². The van der Waals surface area contributed by atoms with Gasteiger partial charge in [0.05, 0.1) is 13.2 Å². The number of nitrogens with two attached hydrogens (primary N) is 1. The first kappa shape index (κ1) is 10.6. The van der Waals surface area contributed by atoms with Gasteiger partial charge in [0.15, 0.2) is 0 Å². The summed E-state index contributed by atoms with van der Waals surface area (Å²) in [6.45, 7) is 0. The van der Waals surface area contributed by atoms with E-state index in [2.05, 4.69) is 4.98 Å². The Morgan fingerprint density at radius 1 is 1.12 bits per heavy atom. The number of rotatable bonds is 3. The Labute approximate surface area is 94.9 Å². The van der Waals surface area contributed by atoms with Crippen molar-refractivity contribution in [2.45, 2.75) is 6.04 Å². The molecule has 0 aliphatic carbocycles. The molecule has 0 saturated heterocycles. The summed E-state index contributed by atoms with van der Waals surface area (Å²) in [6, 6.07) is 11.4. The van der Waals surface area contributed by atoms with Crippen LogP contribution in [0.2, 0.25) is 0 Å². The van der Waals surface area contributed by atoms with Gasteiger partial charge in [-0.25, -0.2) is 0 Å². The van der Waals surface area contributed by atoms with E-state index in [0.29, 0.717) is 0 Å². The third-order valence-corrected chi connectivity index (χ3v) is 2.54. The van der Waals surface area contributed by atoms with E-state index in [-0.39, 0.29) is 6.04 Å². The normalized spacial score (nSPS) is 12.1. The number of hydrogen-bond donors (Lipinski definition) is 1. The zero-order chi connectivity index (χ0) is 11.4. The summed E-state index contributed by atoms with van der Waals surface area (Å²) in [5, 5.41) is 0. The van der Waals surface area contributed by atoms with E-state index in [4.69, 9.17) is 10.5 Å². The topological polar surface area (TPSA) is 48.1 Å². The molecule has 82 valence electrons. The molecule has 3 heteroatoms. The highest BCUT2D eigenvalue weighted by molar-refractivity contribution is 5.40. The summed E-state index contributed by atoms with van der Waals surface area (Å²) in [5.41, 5.74) is 8.19. The van der Waals surface area contributed by atoms with Crippen molar-refractivity contribution in [3.8, 4) is 5.75 Å². The van der Waals surface area contributed by atoms with Crippen LogP contribution in [0.1, 0.15) is 17.2 Å². The van der Waals surface area contributed by atoms with Crippen LogP contribution >= 0.6 is 0 Å². The molecule has 16 heavy (non-hydrogen) atoms. The van der Waals surface area contributed by atoms with Crippen LogP contribution in [0.15, 0.2) is 48.8 Å². The number of nitrogens with zero attached hydrogens (tertiary/aromatic N) is 1. The lowest BCUT2D eigenvalue weighted by Gasteiger charge is -2.15. The van der Waals surface area contributed by atoms with E-state index in [1.165, 1.54) is 0 Å². The molecule has 1 aromatic carbocycles. The Kier molecular flexibility index (Phi) is 3.17. The molecule has 0 fully saturated rings. The van der Waals surface area contributed by atoms with Crippen LogP contribution in [0.4, 0.5) is 0 Å². The number of pyridine rings is 1. The average Bonchev–Trinajstić information content (AvgIpc) is 2.39. The number of aromatic nitrogens is 1. The molecule has 3 nitrogen and oxygen atoms in total. The summed E-state index contributed by atoms with van der Waals surface area (Å²) >= 11 is 0. The molecule has 1 unspecified atom stereocenters. The summed E-state index contributed by atoms with van der Waals surface area (Å²) < 4.78 is 5.29. The lowest BCUT2D eigenvalue weighted by Crippen LogP contribution is -2.12. The molecule has 0 saturated carbocycles. The molecule has 0 aliphatic rings. The lowest BCUT2D eigenvalue weighted by atomic mass is 10.00. The first-order chi connectivity index (χ1) is 7.83. The van der Waals surface area contributed by atoms with Crippen LogP contribution in [0.25, 0.3) is 0 Å². The largest absolute Gasteiger partial charge is 0.496 e.